The number of aryl methyl sites for hydroxylation is 1. The van der Waals surface area contributed by atoms with Gasteiger partial charge in [-0.2, -0.15) is 0 Å². The molecule has 2 heterocycles. The zero-order chi connectivity index (χ0) is 30.9. The van der Waals surface area contributed by atoms with E-state index in [4.69, 9.17) is 16.2 Å². The number of phenols is 1. The fraction of sp³-hybridized carbons (Fsp3) is 0.500. The highest BCUT2D eigenvalue weighted by Crippen LogP contribution is 2.31. The highest BCUT2D eigenvalue weighted by Gasteiger charge is 2.26. The molecule has 5 rings (SSSR count). The number of nitrogens with zero attached hydrogens (tertiary/aromatic N) is 2. The molecule has 0 saturated heterocycles. The Morgan fingerprint density at radius 1 is 1.07 bits per heavy atom. The molecule has 236 valence electrons. The average Bonchev–Trinajstić information content (AvgIpc) is 3.60. The minimum absolute atomic E-state index is 0.0617. The van der Waals surface area contributed by atoms with Crippen LogP contribution in [-0.4, -0.2) is 46.0 Å². The number of carbonyl (C=O) groups excluding carboxylic acids is 1. The van der Waals surface area contributed by atoms with Crippen molar-refractivity contribution in [3.8, 4) is 11.5 Å². The van der Waals surface area contributed by atoms with Crippen molar-refractivity contribution >= 4 is 11.5 Å². The molecule has 8 heteroatoms. The van der Waals surface area contributed by atoms with E-state index in [0.717, 1.165) is 58.7 Å². The van der Waals surface area contributed by atoms with Gasteiger partial charge in [0.05, 0.1) is 24.5 Å². The molecule has 0 radical (unpaired) electrons. The first-order valence-electron chi connectivity index (χ1n) is 16.3. The van der Waals surface area contributed by atoms with E-state index < -0.39 is 12.3 Å². The van der Waals surface area contributed by atoms with E-state index in [1.54, 1.807) is 12.1 Å². The van der Waals surface area contributed by atoms with Crippen LogP contribution in [0.5, 0.6) is 11.5 Å². The fourth-order valence-electron chi connectivity index (χ4n) is 6.56. The number of aliphatic hydroxyl groups excluding tert-OH is 1. The summed E-state index contributed by atoms with van der Waals surface area (Å²) in [5.74, 6) is 1.38. The summed E-state index contributed by atoms with van der Waals surface area (Å²) in [6.45, 7) is 0.886. The lowest BCUT2D eigenvalue weighted by atomic mass is 9.85. The van der Waals surface area contributed by atoms with Crippen LogP contribution in [0.1, 0.15) is 93.5 Å². The smallest absolute Gasteiger partial charge is 0.163 e. The normalized spacial score (nSPS) is 17.4. The van der Waals surface area contributed by atoms with Crippen LogP contribution in [0.2, 0.25) is 0 Å². The zero-order valence-corrected chi connectivity index (χ0v) is 25.8. The Balaban J connectivity index is 1.04. The molecule has 2 aromatic rings. The van der Waals surface area contributed by atoms with Gasteiger partial charge in [-0.25, -0.2) is 0 Å². The standard InChI is InChI=1S/C36H48N4O4/c37-36(38)28-11-6-10-27(17-28)18-29-21-39-33-23-40(22-32(29)33)24-44-35-19-26(14-16-34(35)43)13-15-31(42)20-30(41)12-5-4-9-25-7-2-1-3-8-25/h6,10-11,14,16-17,19,21-22,25,30,36,41,43H,1-5,7-9,12-13,15,18,20,23-24,37-38H2/t30-/m1/s1. The third kappa shape index (κ3) is 9.03. The lowest BCUT2D eigenvalue weighted by Crippen LogP contribution is -2.23. The van der Waals surface area contributed by atoms with Crippen LogP contribution in [0, 0.1) is 5.92 Å². The summed E-state index contributed by atoms with van der Waals surface area (Å²) in [6.07, 6.45) is 15.7. The summed E-state index contributed by atoms with van der Waals surface area (Å²) >= 11 is 0. The second kappa shape index (κ2) is 15.5. The Labute approximate surface area is 261 Å². The molecule has 0 spiro atoms. The van der Waals surface area contributed by atoms with Gasteiger partial charge in [0.1, 0.15) is 5.78 Å². The number of hydrogen-bond donors (Lipinski definition) is 4. The van der Waals surface area contributed by atoms with Gasteiger partial charge in [0.25, 0.3) is 0 Å². The number of rotatable bonds is 16. The van der Waals surface area contributed by atoms with Gasteiger partial charge in [0.2, 0.25) is 0 Å². The third-order valence-corrected chi connectivity index (χ3v) is 9.12. The number of unbranched alkanes of at least 4 members (excludes halogenated alkanes) is 1. The summed E-state index contributed by atoms with van der Waals surface area (Å²) in [4.78, 5) is 19.2. The van der Waals surface area contributed by atoms with Crippen LogP contribution in [0.25, 0.3) is 0 Å². The van der Waals surface area contributed by atoms with Crippen molar-refractivity contribution in [1.82, 2.24) is 4.90 Å². The molecule has 6 N–H and O–H groups in total. The number of fused-ring (bicyclic) bond motifs is 1. The summed E-state index contributed by atoms with van der Waals surface area (Å²) in [7, 11) is 0. The number of hydrogen-bond acceptors (Lipinski definition) is 8. The first kappa shape index (κ1) is 31.9. The van der Waals surface area contributed by atoms with Crippen LogP contribution in [0.15, 0.2) is 71.0 Å². The van der Waals surface area contributed by atoms with E-state index in [2.05, 4.69) is 17.3 Å². The molecule has 3 aliphatic rings. The predicted molar refractivity (Wildman–Crippen MR) is 174 cm³/mol. The number of phenolic OH excluding ortho intramolecular Hbond substituents is 1. The van der Waals surface area contributed by atoms with Crippen molar-refractivity contribution in [2.24, 2.45) is 22.4 Å². The van der Waals surface area contributed by atoms with E-state index in [9.17, 15) is 15.0 Å². The predicted octanol–water partition coefficient (Wildman–Crippen LogP) is 5.82. The van der Waals surface area contributed by atoms with Crippen molar-refractivity contribution in [2.75, 3.05) is 13.3 Å². The number of aliphatic imine (C=N–C) groups is 1. The maximum Gasteiger partial charge on any atom is 0.163 e. The molecule has 0 unspecified atom stereocenters. The highest BCUT2D eigenvalue weighted by molar-refractivity contribution is 6.09. The number of aliphatic hydroxyl groups is 1. The largest absolute Gasteiger partial charge is 0.504 e. The van der Waals surface area contributed by atoms with Crippen molar-refractivity contribution in [3.63, 3.8) is 0 Å². The van der Waals surface area contributed by atoms with Gasteiger partial charge in [-0.05, 0) is 59.6 Å². The monoisotopic (exact) mass is 600 g/mol. The molecule has 1 saturated carbocycles. The van der Waals surface area contributed by atoms with Crippen molar-refractivity contribution in [3.05, 3.63) is 82.7 Å². The SMILES string of the molecule is NC(N)c1cccc(CC2=CN=C3CN(COc4cc(CCC(=O)C[C@H](O)CCCCC5CCCCC5)ccc4O)C=C23)c1. The molecule has 2 aliphatic heterocycles. The molecule has 44 heavy (non-hydrogen) atoms. The molecular weight excluding hydrogens is 552 g/mol. The van der Waals surface area contributed by atoms with E-state index in [1.165, 1.54) is 38.5 Å². The van der Waals surface area contributed by atoms with Crippen LogP contribution in [0.3, 0.4) is 0 Å². The average molecular weight is 601 g/mol. The molecule has 2 aromatic carbocycles. The van der Waals surface area contributed by atoms with Gasteiger partial charge < -0.3 is 31.3 Å². The van der Waals surface area contributed by atoms with Gasteiger partial charge >= 0.3 is 0 Å². The Morgan fingerprint density at radius 2 is 1.91 bits per heavy atom. The van der Waals surface area contributed by atoms with Gasteiger partial charge in [0.15, 0.2) is 18.2 Å². The van der Waals surface area contributed by atoms with Gasteiger partial charge in [0, 0.05) is 30.8 Å². The number of benzene rings is 2. The van der Waals surface area contributed by atoms with Gasteiger partial charge in [-0.1, -0.05) is 81.7 Å². The van der Waals surface area contributed by atoms with Crippen molar-refractivity contribution < 1.29 is 19.7 Å². The van der Waals surface area contributed by atoms with Gasteiger partial charge in [-0.3, -0.25) is 9.79 Å². The van der Waals surface area contributed by atoms with Gasteiger partial charge in [-0.15, -0.1) is 0 Å². The quantitative estimate of drug-likeness (QED) is 0.141. The third-order valence-electron chi connectivity index (χ3n) is 9.12. The lowest BCUT2D eigenvalue weighted by molar-refractivity contribution is -0.121. The topological polar surface area (TPSA) is 134 Å². The number of aromatic hydroxyl groups is 1. The molecule has 0 aromatic heterocycles. The number of allylic oxidation sites excluding steroid dienone is 1. The summed E-state index contributed by atoms with van der Waals surface area (Å²) in [6, 6.07) is 13.2. The zero-order valence-electron chi connectivity index (χ0n) is 25.8. The highest BCUT2D eigenvalue weighted by atomic mass is 16.5. The van der Waals surface area contributed by atoms with E-state index in [-0.39, 0.29) is 24.7 Å². The molecule has 8 nitrogen and oxygen atoms in total. The Bertz CT molecular complexity index is 1380. The van der Waals surface area contributed by atoms with E-state index in [1.807, 2.05) is 35.4 Å². The Hall–Kier alpha value is -3.46. The first-order chi connectivity index (χ1) is 21.3. The maximum absolute atomic E-state index is 12.6. The lowest BCUT2D eigenvalue weighted by Gasteiger charge is -2.21. The Morgan fingerprint density at radius 3 is 2.73 bits per heavy atom. The number of Topliss-reactive ketones (excluding diaryl/α,β-unsaturated/α-hetero) is 1. The number of ketones is 1. The summed E-state index contributed by atoms with van der Waals surface area (Å²) in [5, 5.41) is 20.8. The summed E-state index contributed by atoms with van der Waals surface area (Å²) < 4.78 is 6.00. The summed E-state index contributed by atoms with van der Waals surface area (Å²) in [5.41, 5.74) is 17.9. The van der Waals surface area contributed by atoms with Crippen LogP contribution < -0.4 is 16.2 Å². The van der Waals surface area contributed by atoms with Crippen LogP contribution >= 0.6 is 0 Å². The van der Waals surface area contributed by atoms with Crippen LogP contribution in [-0.2, 0) is 17.6 Å². The molecule has 1 aliphatic carbocycles. The Kier molecular flexibility index (Phi) is 11.3. The van der Waals surface area contributed by atoms with Crippen LogP contribution in [0.4, 0.5) is 0 Å². The van der Waals surface area contributed by atoms with Crippen molar-refractivity contribution in [2.45, 2.75) is 95.7 Å². The number of nitrogens with two attached hydrogens (primary N) is 2. The van der Waals surface area contributed by atoms with E-state index in [0.29, 0.717) is 31.6 Å². The van der Waals surface area contributed by atoms with Crippen molar-refractivity contribution in [1.29, 1.82) is 0 Å². The molecular formula is C36H48N4O4. The number of ether oxygens (including phenoxy) is 1. The molecule has 1 atom stereocenters. The minimum Gasteiger partial charge on any atom is -0.504 e. The van der Waals surface area contributed by atoms with E-state index >= 15 is 0 Å². The number of carbonyl (C=O) groups is 1. The molecule has 0 bridgehead atoms. The molecule has 1 fully saturated rings. The second-order valence-electron chi connectivity index (χ2n) is 12.7. The first-order valence-corrected chi connectivity index (χ1v) is 16.3. The molecule has 0 amide bonds. The minimum atomic E-state index is -0.559. The maximum atomic E-state index is 12.6. The second-order valence-corrected chi connectivity index (χ2v) is 12.7. The fourth-order valence-corrected chi connectivity index (χ4v) is 6.56.